The van der Waals surface area contributed by atoms with E-state index in [1.165, 1.54) is 24.3 Å². The van der Waals surface area contributed by atoms with Gasteiger partial charge in [-0.25, -0.2) is 0 Å². The lowest BCUT2D eigenvalue weighted by Gasteiger charge is -2.29. The number of nitrogens with one attached hydrogen (secondary N) is 1. The first-order valence-corrected chi connectivity index (χ1v) is 6.91. The number of carbonyl (C=O) groups is 2. The van der Waals surface area contributed by atoms with E-state index in [0.29, 0.717) is 26.3 Å². The fourth-order valence-corrected chi connectivity index (χ4v) is 2.16. The van der Waals surface area contributed by atoms with E-state index in [9.17, 15) is 19.7 Å². The Balaban J connectivity index is 2.00. The van der Waals surface area contributed by atoms with Crippen LogP contribution in [0.4, 0.5) is 5.69 Å². The topological polar surface area (TPSA) is 102 Å². The van der Waals surface area contributed by atoms with Crippen molar-refractivity contribution in [3.8, 4) is 0 Å². The Labute approximate surface area is 127 Å². The number of nitrogens with zero attached hydrogens (tertiary/aromatic N) is 2. The Morgan fingerprint density at radius 1 is 1.36 bits per heavy atom. The first-order valence-electron chi connectivity index (χ1n) is 6.91. The van der Waals surface area contributed by atoms with Crippen LogP contribution in [0, 0.1) is 10.1 Å². The van der Waals surface area contributed by atoms with Gasteiger partial charge >= 0.3 is 0 Å². The molecule has 0 bridgehead atoms. The van der Waals surface area contributed by atoms with Gasteiger partial charge in [-0.15, -0.1) is 0 Å². The van der Waals surface area contributed by atoms with Crippen LogP contribution in [-0.4, -0.2) is 54.0 Å². The zero-order valence-corrected chi connectivity index (χ0v) is 12.2. The number of ether oxygens (including phenoxy) is 1. The van der Waals surface area contributed by atoms with E-state index in [2.05, 4.69) is 5.32 Å². The largest absolute Gasteiger partial charge is 0.378 e. The van der Waals surface area contributed by atoms with Crippen LogP contribution >= 0.6 is 0 Å². The first kappa shape index (κ1) is 15.9. The molecule has 8 nitrogen and oxygen atoms in total. The van der Waals surface area contributed by atoms with Gasteiger partial charge in [0.05, 0.1) is 18.1 Å². The molecule has 0 radical (unpaired) electrons. The predicted molar refractivity (Wildman–Crippen MR) is 77.4 cm³/mol. The van der Waals surface area contributed by atoms with Crippen molar-refractivity contribution in [1.82, 2.24) is 10.2 Å². The highest BCUT2D eigenvalue weighted by atomic mass is 16.6. The minimum atomic E-state index is -0.704. The fourth-order valence-electron chi connectivity index (χ4n) is 2.16. The maximum atomic E-state index is 12.2. The summed E-state index contributed by atoms with van der Waals surface area (Å²) < 4.78 is 5.17. The zero-order chi connectivity index (χ0) is 16.1. The van der Waals surface area contributed by atoms with E-state index in [1.807, 2.05) is 0 Å². The number of hydrogen-bond donors (Lipinski definition) is 1. The smallest absolute Gasteiger partial charge is 0.270 e. The normalized spacial score (nSPS) is 16.0. The monoisotopic (exact) mass is 307 g/mol. The van der Waals surface area contributed by atoms with Crippen molar-refractivity contribution in [1.29, 1.82) is 0 Å². The molecule has 118 valence electrons. The van der Waals surface area contributed by atoms with Gasteiger partial charge in [-0.05, 0) is 13.0 Å². The second-order valence-corrected chi connectivity index (χ2v) is 4.94. The standard InChI is InChI=1S/C14H17N3O5/c1-10(14(19)16-5-7-22-8-6-16)15-13(18)11-3-2-4-12(9-11)17(20)21/h2-4,9-10H,5-8H2,1H3,(H,15,18)/t10-/m1/s1. The molecule has 0 aromatic heterocycles. The number of carbonyl (C=O) groups excluding carboxylic acids is 2. The average molecular weight is 307 g/mol. The molecule has 2 amide bonds. The van der Waals surface area contributed by atoms with Gasteiger partial charge in [0.1, 0.15) is 6.04 Å². The van der Waals surface area contributed by atoms with Crippen LogP contribution < -0.4 is 5.32 Å². The van der Waals surface area contributed by atoms with Gasteiger partial charge in [0.15, 0.2) is 0 Å². The molecule has 1 aliphatic heterocycles. The zero-order valence-electron chi connectivity index (χ0n) is 12.2. The van der Waals surface area contributed by atoms with Gasteiger partial charge in [0.25, 0.3) is 11.6 Å². The molecular formula is C14H17N3O5. The van der Waals surface area contributed by atoms with E-state index in [4.69, 9.17) is 4.74 Å². The van der Waals surface area contributed by atoms with Crippen LogP contribution in [0.2, 0.25) is 0 Å². The molecule has 0 unspecified atom stereocenters. The van der Waals surface area contributed by atoms with E-state index < -0.39 is 16.9 Å². The number of nitro benzene ring substituents is 1. The molecule has 1 N–H and O–H groups in total. The molecule has 1 atom stereocenters. The second kappa shape index (κ2) is 6.99. The quantitative estimate of drug-likeness (QED) is 0.647. The van der Waals surface area contributed by atoms with Crippen molar-refractivity contribution in [2.45, 2.75) is 13.0 Å². The molecule has 1 fully saturated rings. The van der Waals surface area contributed by atoms with E-state index in [-0.39, 0.29) is 17.2 Å². The van der Waals surface area contributed by atoms with Crippen LogP contribution in [0.25, 0.3) is 0 Å². The molecular weight excluding hydrogens is 290 g/mol. The van der Waals surface area contributed by atoms with E-state index in [0.717, 1.165) is 0 Å². The van der Waals surface area contributed by atoms with Gasteiger partial charge in [-0.2, -0.15) is 0 Å². The maximum absolute atomic E-state index is 12.2. The third kappa shape index (κ3) is 3.79. The fraction of sp³-hybridized carbons (Fsp3) is 0.429. The third-order valence-electron chi connectivity index (χ3n) is 3.36. The molecule has 8 heteroatoms. The molecule has 22 heavy (non-hydrogen) atoms. The third-order valence-corrected chi connectivity index (χ3v) is 3.36. The number of hydrogen-bond acceptors (Lipinski definition) is 5. The summed E-state index contributed by atoms with van der Waals surface area (Å²) in [6.45, 7) is 3.55. The van der Waals surface area contributed by atoms with Crippen LogP contribution in [-0.2, 0) is 9.53 Å². The first-order chi connectivity index (χ1) is 10.5. The van der Waals surface area contributed by atoms with Gasteiger partial charge in [-0.1, -0.05) is 6.07 Å². The number of amides is 2. The van der Waals surface area contributed by atoms with E-state index >= 15 is 0 Å². The summed E-state index contributed by atoms with van der Waals surface area (Å²) in [5, 5.41) is 13.3. The summed E-state index contributed by atoms with van der Waals surface area (Å²) in [6.07, 6.45) is 0. The number of rotatable bonds is 4. The SMILES string of the molecule is C[C@@H](NC(=O)c1cccc([N+](=O)[O-])c1)C(=O)N1CCOCC1. The second-order valence-electron chi connectivity index (χ2n) is 4.94. The number of benzene rings is 1. The van der Waals surface area contributed by atoms with Gasteiger partial charge in [0.2, 0.25) is 5.91 Å². The average Bonchev–Trinajstić information content (AvgIpc) is 2.54. The van der Waals surface area contributed by atoms with Gasteiger partial charge < -0.3 is 15.0 Å². The van der Waals surface area contributed by atoms with Crippen molar-refractivity contribution in [2.75, 3.05) is 26.3 Å². The number of non-ortho nitro benzene ring substituents is 1. The lowest BCUT2D eigenvalue weighted by atomic mass is 10.1. The molecule has 1 heterocycles. The van der Waals surface area contributed by atoms with Crippen molar-refractivity contribution in [3.05, 3.63) is 39.9 Å². The van der Waals surface area contributed by atoms with Crippen LogP contribution in [0.3, 0.4) is 0 Å². The molecule has 0 aliphatic carbocycles. The Morgan fingerprint density at radius 2 is 2.05 bits per heavy atom. The summed E-state index contributed by atoms with van der Waals surface area (Å²) in [7, 11) is 0. The molecule has 0 spiro atoms. The Morgan fingerprint density at radius 3 is 2.68 bits per heavy atom. The molecule has 2 rings (SSSR count). The van der Waals surface area contributed by atoms with Crippen LogP contribution in [0.15, 0.2) is 24.3 Å². The lowest BCUT2D eigenvalue weighted by Crippen LogP contribution is -2.50. The van der Waals surface area contributed by atoms with Crippen molar-refractivity contribution >= 4 is 17.5 Å². The minimum Gasteiger partial charge on any atom is -0.378 e. The van der Waals surface area contributed by atoms with E-state index in [1.54, 1.807) is 11.8 Å². The molecule has 1 aliphatic rings. The van der Waals surface area contributed by atoms with Crippen molar-refractivity contribution < 1.29 is 19.2 Å². The Kier molecular flexibility index (Phi) is 5.05. The van der Waals surface area contributed by atoms with Crippen LogP contribution in [0.5, 0.6) is 0 Å². The van der Waals surface area contributed by atoms with Crippen LogP contribution in [0.1, 0.15) is 17.3 Å². The van der Waals surface area contributed by atoms with Gasteiger partial charge in [-0.3, -0.25) is 19.7 Å². The summed E-state index contributed by atoms with van der Waals surface area (Å²) in [4.78, 5) is 36.0. The molecule has 0 saturated carbocycles. The van der Waals surface area contributed by atoms with Crippen molar-refractivity contribution in [3.63, 3.8) is 0 Å². The highest BCUT2D eigenvalue weighted by molar-refractivity contribution is 5.97. The lowest BCUT2D eigenvalue weighted by molar-refractivity contribution is -0.384. The van der Waals surface area contributed by atoms with Gasteiger partial charge in [0, 0.05) is 30.8 Å². The Bertz CT molecular complexity index is 584. The number of nitro groups is 1. The molecule has 1 aromatic carbocycles. The Hall–Kier alpha value is -2.48. The minimum absolute atomic E-state index is 0.149. The maximum Gasteiger partial charge on any atom is 0.270 e. The summed E-state index contributed by atoms with van der Waals surface area (Å²) in [5.74, 6) is -0.708. The number of morpholine rings is 1. The highest BCUT2D eigenvalue weighted by Gasteiger charge is 2.24. The molecule has 1 aromatic rings. The highest BCUT2D eigenvalue weighted by Crippen LogP contribution is 2.13. The van der Waals surface area contributed by atoms with Crippen molar-refractivity contribution in [2.24, 2.45) is 0 Å². The summed E-state index contributed by atoms with van der Waals surface area (Å²) in [5.41, 5.74) is -0.0179. The predicted octanol–water partition coefficient (Wildman–Crippen LogP) is 0.572. The summed E-state index contributed by atoms with van der Waals surface area (Å²) >= 11 is 0. The summed E-state index contributed by atoms with van der Waals surface area (Å²) in [6, 6.07) is 4.68. The molecule has 1 saturated heterocycles.